The van der Waals surface area contributed by atoms with Gasteiger partial charge in [-0.25, -0.2) is 0 Å². The Kier molecular flexibility index (Phi) is 7.46. The molecule has 3 rings (SSSR count). The number of carbonyl (C=O) groups excluding carboxylic acids is 2. The van der Waals surface area contributed by atoms with Gasteiger partial charge in [0.05, 0.1) is 34.7 Å². The Labute approximate surface area is 201 Å². The van der Waals surface area contributed by atoms with Gasteiger partial charge < -0.3 is 0 Å². The first kappa shape index (κ1) is 26.2. The molecule has 0 bridgehead atoms. The number of alkyl halides is 6. The largest absolute Gasteiger partial charge is 0.417 e. The van der Waals surface area contributed by atoms with Crippen LogP contribution in [0.1, 0.15) is 37.4 Å². The molecule has 11 heteroatoms. The zero-order valence-corrected chi connectivity index (χ0v) is 19.5. The Morgan fingerprint density at radius 1 is 0.706 bits per heavy atom. The van der Waals surface area contributed by atoms with Gasteiger partial charge in [-0.15, -0.1) is 0 Å². The van der Waals surface area contributed by atoms with Crippen LogP contribution in [0.2, 0.25) is 10.0 Å². The van der Waals surface area contributed by atoms with Gasteiger partial charge in [0, 0.05) is 5.56 Å². The van der Waals surface area contributed by atoms with Gasteiger partial charge >= 0.3 is 12.4 Å². The Morgan fingerprint density at radius 3 is 1.71 bits per heavy atom. The van der Waals surface area contributed by atoms with E-state index in [0.29, 0.717) is 23.8 Å². The summed E-state index contributed by atoms with van der Waals surface area (Å²) in [5.74, 6) is 0. The van der Waals surface area contributed by atoms with Crippen LogP contribution in [-0.2, 0) is 12.4 Å². The molecule has 34 heavy (non-hydrogen) atoms. The minimum atomic E-state index is -5.29. The van der Waals surface area contributed by atoms with E-state index in [1.807, 2.05) is 0 Å². The molecule has 0 N–H and O–H groups in total. The minimum Gasteiger partial charge on any atom is -0.288 e. The highest BCUT2D eigenvalue weighted by Crippen LogP contribution is 2.50. The van der Waals surface area contributed by atoms with Crippen molar-refractivity contribution < 1.29 is 35.9 Å². The molecule has 0 radical (unpaired) electrons. The molecule has 0 amide bonds. The van der Waals surface area contributed by atoms with Crippen LogP contribution >= 0.6 is 31.1 Å². The highest BCUT2D eigenvalue weighted by molar-refractivity contribution is 7.96. The van der Waals surface area contributed by atoms with Crippen molar-refractivity contribution >= 4 is 47.5 Å². The molecule has 178 valence electrons. The van der Waals surface area contributed by atoms with Crippen molar-refractivity contribution in [3.63, 3.8) is 0 Å². The van der Waals surface area contributed by atoms with E-state index in [4.69, 9.17) is 23.2 Å². The summed E-state index contributed by atoms with van der Waals surface area (Å²) in [6, 6.07) is 11.0. The first-order valence-corrected chi connectivity index (χ1v) is 11.5. The summed E-state index contributed by atoms with van der Waals surface area (Å²) in [7, 11) is -2.95. The van der Waals surface area contributed by atoms with Gasteiger partial charge in [-0.1, -0.05) is 65.7 Å². The summed E-state index contributed by atoms with van der Waals surface area (Å²) < 4.78 is 82.3. The van der Waals surface area contributed by atoms with Crippen molar-refractivity contribution in [3.8, 4) is 0 Å². The highest BCUT2D eigenvalue weighted by atomic mass is 35.5. The fourth-order valence-corrected chi connectivity index (χ4v) is 5.95. The molecule has 1 atom stereocenters. The van der Waals surface area contributed by atoms with Gasteiger partial charge in [0.15, 0.2) is 11.0 Å². The molecule has 0 saturated carbocycles. The molecule has 3 aromatic carbocycles. The van der Waals surface area contributed by atoms with Crippen LogP contribution in [-0.4, -0.2) is 11.0 Å². The zero-order chi connectivity index (χ0) is 25.4. The first-order valence-electron chi connectivity index (χ1n) is 9.41. The third-order valence-corrected chi connectivity index (χ3v) is 7.68. The van der Waals surface area contributed by atoms with Crippen molar-refractivity contribution in [2.45, 2.75) is 19.3 Å². The molecule has 0 aliphatic heterocycles. The number of aryl methyl sites for hydroxylation is 1. The van der Waals surface area contributed by atoms with Crippen LogP contribution in [0.15, 0.2) is 60.7 Å². The van der Waals surface area contributed by atoms with Crippen molar-refractivity contribution in [1.82, 2.24) is 0 Å². The number of hydrogen-bond acceptors (Lipinski definition) is 2. The van der Waals surface area contributed by atoms with Crippen LogP contribution in [0.3, 0.4) is 0 Å². The summed E-state index contributed by atoms with van der Waals surface area (Å²) in [6.45, 7) is 1.53. The molecule has 0 aliphatic carbocycles. The van der Waals surface area contributed by atoms with Gasteiger partial charge in [0.2, 0.25) is 0 Å². The lowest BCUT2D eigenvalue weighted by Crippen LogP contribution is -2.23. The number of halogens is 8. The molecule has 0 spiro atoms. The number of carbonyl (C=O) groups is 2. The van der Waals surface area contributed by atoms with E-state index < -0.39 is 48.0 Å². The Hall–Kier alpha value is -2.41. The van der Waals surface area contributed by atoms with Crippen LogP contribution in [0.4, 0.5) is 26.3 Å². The van der Waals surface area contributed by atoms with Crippen LogP contribution in [0, 0.1) is 6.92 Å². The van der Waals surface area contributed by atoms with Crippen molar-refractivity contribution in [2.24, 2.45) is 0 Å². The number of hydrogen-bond donors (Lipinski definition) is 0. The molecule has 1 unspecified atom stereocenters. The summed E-state index contributed by atoms with van der Waals surface area (Å²) in [5, 5.41) is -0.378. The number of benzene rings is 3. The van der Waals surface area contributed by atoms with Gasteiger partial charge in [0.25, 0.3) is 0 Å². The van der Waals surface area contributed by atoms with Gasteiger partial charge in [-0.05, 0) is 36.0 Å². The molecule has 0 saturated heterocycles. The smallest absolute Gasteiger partial charge is 0.288 e. The molecule has 0 aliphatic rings. The summed E-state index contributed by atoms with van der Waals surface area (Å²) in [5.41, 5.74) is -7.82. The van der Waals surface area contributed by atoms with Crippen LogP contribution < -0.4 is 5.30 Å². The van der Waals surface area contributed by atoms with E-state index in [1.54, 1.807) is 0 Å². The second-order valence-electron chi connectivity index (χ2n) is 7.06. The van der Waals surface area contributed by atoms with Gasteiger partial charge in [-0.3, -0.25) is 9.59 Å². The Balaban J connectivity index is 2.34. The van der Waals surface area contributed by atoms with E-state index in [2.05, 4.69) is 0 Å². The topological polar surface area (TPSA) is 34.1 Å². The van der Waals surface area contributed by atoms with Gasteiger partial charge in [-0.2, -0.15) is 26.3 Å². The van der Waals surface area contributed by atoms with Crippen LogP contribution in [0.25, 0.3) is 0 Å². The Bertz CT molecular complexity index is 1220. The first-order chi connectivity index (χ1) is 15.7. The normalized spacial score (nSPS) is 13.0. The van der Waals surface area contributed by atoms with Crippen LogP contribution in [0.5, 0.6) is 0 Å². The maximum Gasteiger partial charge on any atom is 0.417 e. The third kappa shape index (κ3) is 5.14. The molecule has 0 aromatic heterocycles. The number of rotatable bonds is 5. The predicted molar refractivity (Wildman–Crippen MR) is 119 cm³/mol. The average molecular weight is 537 g/mol. The highest BCUT2D eigenvalue weighted by Gasteiger charge is 2.45. The monoisotopic (exact) mass is 536 g/mol. The Morgan fingerprint density at radius 2 is 1.21 bits per heavy atom. The maximum atomic E-state index is 13.7. The second-order valence-corrected chi connectivity index (χ2v) is 9.84. The maximum absolute atomic E-state index is 13.7. The van der Waals surface area contributed by atoms with E-state index >= 15 is 0 Å². The fraction of sp³-hybridized carbons (Fsp3) is 0.130. The van der Waals surface area contributed by atoms with Gasteiger partial charge in [0.1, 0.15) is 0 Å². The molecule has 2 nitrogen and oxygen atoms in total. The molecular formula is C23H13Cl2F6O2P. The standard InChI is InChI=1S/C23H13Cl2F6O2P/c1-12-10-11-16(24)18(19(12)25)21(33)34(13-6-3-2-4-7-13)20(32)17-14(22(26,27)28)8-5-9-15(17)23(29,30)31/h2-11H,1H3. The molecule has 0 fully saturated rings. The predicted octanol–water partition coefficient (Wildman–Crippen LogP) is 8.13. The SMILES string of the molecule is Cc1ccc(Cl)c(C(=O)P(C(=O)c2c(C(F)(F)F)cccc2C(F)(F)F)c2ccccc2)c1Cl. The van der Waals surface area contributed by atoms with Crippen molar-refractivity contribution in [3.05, 3.63) is 98.5 Å². The summed E-state index contributed by atoms with van der Waals surface area (Å²) in [4.78, 5) is 27.1. The molecule has 3 aromatic rings. The fourth-order valence-electron chi connectivity index (χ4n) is 3.24. The summed E-state index contributed by atoms with van der Waals surface area (Å²) >= 11 is 12.3. The lowest BCUT2D eigenvalue weighted by Gasteiger charge is -2.22. The van der Waals surface area contributed by atoms with E-state index in [0.717, 1.165) is 0 Å². The van der Waals surface area contributed by atoms with E-state index in [1.165, 1.54) is 49.4 Å². The molecular weight excluding hydrogens is 524 g/mol. The summed E-state index contributed by atoms with van der Waals surface area (Å²) in [6.07, 6.45) is -10.6. The van der Waals surface area contributed by atoms with Crippen molar-refractivity contribution in [2.75, 3.05) is 0 Å². The lowest BCUT2D eigenvalue weighted by molar-refractivity contribution is -0.143. The third-order valence-electron chi connectivity index (χ3n) is 4.81. The molecule has 0 heterocycles. The van der Waals surface area contributed by atoms with E-state index in [-0.39, 0.29) is 20.9 Å². The lowest BCUT2D eigenvalue weighted by atomic mass is 10.0. The average Bonchev–Trinajstić information content (AvgIpc) is 2.75. The second kappa shape index (κ2) is 9.68. The zero-order valence-electron chi connectivity index (χ0n) is 17.1. The quantitative estimate of drug-likeness (QED) is 0.243. The van der Waals surface area contributed by atoms with Crippen molar-refractivity contribution in [1.29, 1.82) is 0 Å². The van der Waals surface area contributed by atoms with E-state index in [9.17, 15) is 35.9 Å². The minimum absolute atomic E-state index is 0.0498.